The largest absolute Gasteiger partial charge is 0.399 e. The zero-order chi connectivity index (χ0) is 13.2. The van der Waals surface area contributed by atoms with Gasteiger partial charge in [-0.3, -0.25) is 4.90 Å². The van der Waals surface area contributed by atoms with Crippen molar-refractivity contribution in [1.29, 1.82) is 0 Å². The molecule has 2 N–H and O–H groups in total. The smallest absolute Gasteiger partial charge is 0.0600 e. The van der Waals surface area contributed by atoms with Gasteiger partial charge in [0.25, 0.3) is 0 Å². The third kappa shape index (κ3) is 3.72. The van der Waals surface area contributed by atoms with Crippen LogP contribution in [0.25, 0.3) is 0 Å². The highest BCUT2D eigenvalue weighted by Crippen LogP contribution is 2.21. The lowest BCUT2D eigenvalue weighted by Crippen LogP contribution is -2.35. The standard InChI is InChI=1S/C15H24N2O/c1-15(2,3)18-9-8-17-7-6-12-4-5-14(16)10-13(12)11-17/h4-5,10H,6-9,11,16H2,1-3H3. The number of rotatable bonds is 3. The van der Waals surface area contributed by atoms with Crippen molar-refractivity contribution in [3.8, 4) is 0 Å². The number of benzene rings is 1. The fourth-order valence-corrected chi connectivity index (χ4v) is 2.31. The topological polar surface area (TPSA) is 38.5 Å². The van der Waals surface area contributed by atoms with E-state index in [1.165, 1.54) is 11.1 Å². The van der Waals surface area contributed by atoms with Gasteiger partial charge in [0.1, 0.15) is 0 Å². The monoisotopic (exact) mass is 248 g/mol. The van der Waals surface area contributed by atoms with Crippen LogP contribution in [0.1, 0.15) is 31.9 Å². The molecule has 0 atom stereocenters. The van der Waals surface area contributed by atoms with E-state index >= 15 is 0 Å². The van der Waals surface area contributed by atoms with E-state index in [0.717, 1.165) is 38.3 Å². The van der Waals surface area contributed by atoms with Crippen LogP contribution in [0.5, 0.6) is 0 Å². The van der Waals surface area contributed by atoms with Gasteiger partial charge in [-0.25, -0.2) is 0 Å². The number of nitrogens with two attached hydrogens (primary N) is 1. The van der Waals surface area contributed by atoms with Crippen LogP contribution in [0.15, 0.2) is 18.2 Å². The zero-order valence-electron chi connectivity index (χ0n) is 11.7. The first-order valence-corrected chi connectivity index (χ1v) is 6.68. The molecule has 0 fully saturated rings. The second-order valence-corrected chi connectivity index (χ2v) is 6.02. The molecule has 18 heavy (non-hydrogen) atoms. The molecule has 1 aromatic carbocycles. The maximum absolute atomic E-state index is 5.84. The van der Waals surface area contributed by atoms with Crippen LogP contribution in [0, 0.1) is 0 Å². The summed E-state index contributed by atoms with van der Waals surface area (Å²) in [6, 6.07) is 6.26. The van der Waals surface area contributed by atoms with Gasteiger partial charge >= 0.3 is 0 Å². The SMILES string of the molecule is CC(C)(C)OCCN1CCc2ccc(N)cc2C1. The van der Waals surface area contributed by atoms with E-state index in [2.05, 4.69) is 37.8 Å². The van der Waals surface area contributed by atoms with E-state index in [4.69, 9.17) is 10.5 Å². The molecular formula is C15H24N2O. The molecule has 1 aliphatic rings. The molecule has 0 aromatic heterocycles. The highest BCUT2D eigenvalue weighted by Gasteiger charge is 2.17. The maximum atomic E-state index is 5.84. The quantitative estimate of drug-likeness (QED) is 0.835. The predicted molar refractivity (Wildman–Crippen MR) is 75.5 cm³/mol. The van der Waals surface area contributed by atoms with Crippen molar-refractivity contribution in [3.05, 3.63) is 29.3 Å². The Kier molecular flexibility index (Phi) is 3.93. The Labute approximate surface area is 110 Å². The van der Waals surface area contributed by atoms with Gasteiger partial charge in [0.05, 0.1) is 12.2 Å². The average Bonchev–Trinajstić information content (AvgIpc) is 2.26. The minimum Gasteiger partial charge on any atom is -0.399 e. The third-order valence-corrected chi connectivity index (χ3v) is 3.26. The molecule has 2 rings (SSSR count). The van der Waals surface area contributed by atoms with Gasteiger partial charge in [-0.2, -0.15) is 0 Å². The highest BCUT2D eigenvalue weighted by atomic mass is 16.5. The number of fused-ring (bicyclic) bond motifs is 1. The Hall–Kier alpha value is -1.06. The summed E-state index contributed by atoms with van der Waals surface area (Å²) in [5.41, 5.74) is 9.47. The van der Waals surface area contributed by atoms with Crippen molar-refractivity contribution in [2.75, 3.05) is 25.4 Å². The maximum Gasteiger partial charge on any atom is 0.0600 e. The number of ether oxygens (including phenoxy) is 1. The number of nitrogens with zero attached hydrogens (tertiary/aromatic N) is 1. The molecule has 1 aromatic rings. The van der Waals surface area contributed by atoms with Crippen molar-refractivity contribution >= 4 is 5.69 Å². The summed E-state index contributed by atoms with van der Waals surface area (Å²) in [6.07, 6.45) is 1.12. The minimum absolute atomic E-state index is 0.0435. The van der Waals surface area contributed by atoms with Crippen molar-refractivity contribution < 1.29 is 4.74 Å². The molecule has 3 nitrogen and oxygen atoms in total. The lowest BCUT2D eigenvalue weighted by atomic mass is 9.99. The number of hydrogen-bond acceptors (Lipinski definition) is 3. The fraction of sp³-hybridized carbons (Fsp3) is 0.600. The van der Waals surface area contributed by atoms with Gasteiger partial charge in [0, 0.05) is 25.3 Å². The van der Waals surface area contributed by atoms with Gasteiger partial charge in [0.2, 0.25) is 0 Å². The molecular weight excluding hydrogens is 224 g/mol. The van der Waals surface area contributed by atoms with Crippen molar-refractivity contribution in [2.45, 2.75) is 39.3 Å². The van der Waals surface area contributed by atoms with Gasteiger partial charge in [-0.05, 0) is 50.5 Å². The van der Waals surface area contributed by atoms with E-state index in [9.17, 15) is 0 Å². The van der Waals surface area contributed by atoms with Crippen LogP contribution >= 0.6 is 0 Å². The summed E-state index contributed by atoms with van der Waals surface area (Å²) < 4.78 is 5.78. The fourth-order valence-electron chi connectivity index (χ4n) is 2.31. The van der Waals surface area contributed by atoms with Crippen molar-refractivity contribution in [1.82, 2.24) is 4.90 Å². The Morgan fingerprint density at radius 1 is 1.28 bits per heavy atom. The zero-order valence-corrected chi connectivity index (χ0v) is 11.7. The van der Waals surface area contributed by atoms with Gasteiger partial charge in [-0.1, -0.05) is 6.07 Å². The summed E-state index contributed by atoms with van der Waals surface area (Å²) in [5.74, 6) is 0. The third-order valence-electron chi connectivity index (χ3n) is 3.26. The molecule has 100 valence electrons. The van der Waals surface area contributed by atoms with Crippen LogP contribution in [0.4, 0.5) is 5.69 Å². The Balaban J connectivity index is 1.88. The van der Waals surface area contributed by atoms with Crippen molar-refractivity contribution in [2.24, 2.45) is 0 Å². The minimum atomic E-state index is -0.0435. The summed E-state index contributed by atoms with van der Waals surface area (Å²) >= 11 is 0. The second kappa shape index (κ2) is 5.29. The summed E-state index contributed by atoms with van der Waals surface area (Å²) in [5, 5.41) is 0. The normalized spacial score (nSPS) is 16.6. The molecule has 0 saturated carbocycles. The summed E-state index contributed by atoms with van der Waals surface area (Å²) in [7, 11) is 0. The number of nitrogen functional groups attached to an aromatic ring is 1. The molecule has 3 heteroatoms. The number of anilines is 1. The van der Waals surface area contributed by atoms with Crippen LogP contribution in [-0.2, 0) is 17.7 Å². The Morgan fingerprint density at radius 2 is 2.06 bits per heavy atom. The molecule has 0 unspecified atom stereocenters. The lowest BCUT2D eigenvalue weighted by molar-refractivity contribution is -0.0143. The Morgan fingerprint density at radius 3 is 2.78 bits per heavy atom. The first-order valence-electron chi connectivity index (χ1n) is 6.68. The van der Waals surface area contributed by atoms with Crippen molar-refractivity contribution in [3.63, 3.8) is 0 Å². The molecule has 1 aliphatic heterocycles. The van der Waals surface area contributed by atoms with Crippen LogP contribution < -0.4 is 5.73 Å². The second-order valence-electron chi connectivity index (χ2n) is 6.02. The first kappa shape index (κ1) is 13.4. The van der Waals surface area contributed by atoms with E-state index in [0.29, 0.717) is 0 Å². The molecule has 0 spiro atoms. The van der Waals surface area contributed by atoms with Crippen LogP contribution in [-0.4, -0.2) is 30.2 Å². The van der Waals surface area contributed by atoms with E-state index in [1.54, 1.807) is 0 Å². The number of hydrogen-bond donors (Lipinski definition) is 1. The highest BCUT2D eigenvalue weighted by molar-refractivity contribution is 5.45. The molecule has 1 heterocycles. The summed E-state index contributed by atoms with van der Waals surface area (Å²) in [4.78, 5) is 2.44. The first-order chi connectivity index (χ1) is 8.44. The van der Waals surface area contributed by atoms with Gasteiger partial charge in [0.15, 0.2) is 0 Å². The van der Waals surface area contributed by atoms with E-state index < -0.39 is 0 Å². The van der Waals surface area contributed by atoms with E-state index in [-0.39, 0.29) is 5.60 Å². The molecule has 0 amide bonds. The van der Waals surface area contributed by atoms with E-state index in [1.807, 2.05) is 6.07 Å². The Bertz CT molecular complexity index is 409. The predicted octanol–water partition coefficient (Wildman–Crippen LogP) is 2.44. The van der Waals surface area contributed by atoms with Gasteiger partial charge < -0.3 is 10.5 Å². The lowest BCUT2D eigenvalue weighted by Gasteiger charge is -2.30. The molecule has 0 saturated heterocycles. The van der Waals surface area contributed by atoms with Crippen LogP contribution in [0.2, 0.25) is 0 Å². The van der Waals surface area contributed by atoms with Gasteiger partial charge in [-0.15, -0.1) is 0 Å². The average molecular weight is 248 g/mol. The molecule has 0 aliphatic carbocycles. The molecule has 0 bridgehead atoms. The molecule has 0 radical (unpaired) electrons. The summed E-state index contributed by atoms with van der Waals surface area (Å²) in [6.45, 7) is 10.2. The van der Waals surface area contributed by atoms with Crippen LogP contribution in [0.3, 0.4) is 0 Å².